The van der Waals surface area contributed by atoms with E-state index < -0.39 is 0 Å². The van der Waals surface area contributed by atoms with E-state index in [-0.39, 0.29) is 5.60 Å². The molecule has 5 fully saturated rings. The Hall–Kier alpha value is -0.0800. The third-order valence-corrected chi connectivity index (χ3v) is 8.19. The van der Waals surface area contributed by atoms with Crippen molar-refractivity contribution < 1.29 is 9.47 Å². The minimum Gasteiger partial charge on any atom is -0.377 e. The predicted molar refractivity (Wildman–Crippen MR) is 91.4 cm³/mol. The van der Waals surface area contributed by atoms with Gasteiger partial charge in [0.15, 0.2) is 0 Å². The maximum absolute atomic E-state index is 6.87. The topological polar surface area (TPSA) is 21.8 Å². The summed E-state index contributed by atoms with van der Waals surface area (Å²) in [5, 5.41) is 0. The summed E-state index contributed by atoms with van der Waals surface area (Å²) in [4.78, 5) is 0. The van der Waals surface area contributed by atoms with Gasteiger partial charge in [-0.1, -0.05) is 51.4 Å². The number of rotatable bonds is 1. The summed E-state index contributed by atoms with van der Waals surface area (Å²) in [6.07, 6.45) is 20.7. The van der Waals surface area contributed by atoms with Crippen LogP contribution in [0.3, 0.4) is 0 Å². The number of ether oxygens (including phenoxy) is 2. The van der Waals surface area contributed by atoms with Crippen LogP contribution in [-0.2, 0) is 9.47 Å². The van der Waals surface area contributed by atoms with Gasteiger partial charge in [0.1, 0.15) is 5.60 Å². The van der Waals surface area contributed by atoms with Gasteiger partial charge in [-0.25, -0.2) is 0 Å². The van der Waals surface area contributed by atoms with Gasteiger partial charge in [0.05, 0.1) is 18.8 Å². The molecular weight excluding hydrogens is 284 g/mol. The third kappa shape index (κ3) is 2.27. The molecule has 2 heteroatoms. The van der Waals surface area contributed by atoms with Gasteiger partial charge in [-0.2, -0.15) is 0 Å². The normalized spacial score (nSPS) is 46.7. The fourth-order valence-electron chi connectivity index (χ4n) is 7.05. The van der Waals surface area contributed by atoms with E-state index in [2.05, 4.69) is 0 Å². The standard InChI is InChI=1S/C21H34O2/c1-3-9-16(10-4-1)21-17-11-5-6-12-18(17)22-15-20(19(21)23-21)13-7-2-8-14-20/h16-19H,1-15H2. The highest BCUT2D eigenvalue weighted by Gasteiger charge is 2.73. The highest BCUT2D eigenvalue weighted by molar-refractivity contribution is 5.20. The maximum Gasteiger partial charge on any atom is 0.104 e. The van der Waals surface area contributed by atoms with E-state index >= 15 is 0 Å². The Kier molecular flexibility index (Phi) is 3.79. The molecule has 2 aliphatic heterocycles. The van der Waals surface area contributed by atoms with Crippen molar-refractivity contribution in [2.75, 3.05) is 6.61 Å². The molecule has 5 aliphatic rings. The summed E-state index contributed by atoms with van der Waals surface area (Å²) in [7, 11) is 0. The van der Waals surface area contributed by atoms with Crippen LogP contribution in [0, 0.1) is 17.3 Å². The SMILES string of the molecule is C1CCC(C23OC2C2(CCCCC2)COC2CCCCC23)CC1. The fourth-order valence-corrected chi connectivity index (χ4v) is 7.05. The summed E-state index contributed by atoms with van der Waals surface area (Å²) < 4.78 is 13.5. The van der Waals surface area contributed by atoms with Crippen LogP contribution >= 0.6 is 0 Å². The summed E-state index contributed by atoms with van der Waals surface area (Å²) in [6.45, 7) is 1.01. The Labute approximate surface area is 141 Å². The van der Waals surface area contributed by atoms with Crippen LogP contribution in [0.1, 0.15) is 89.9 Å². The Morgan fingerprint density at radius 1 is 0.696 bits per heavy atom. The molecule has 2 nitrogen and oxygen atoms in total. The Bertz CT molecular complexity index is 435. The second kappa shape index (κ2) is 5.73. The van der Waals surface area contributed by atoms with Crippen molar-refractivity contribution in [3.8, 4) is 0 Å². The Morgan fingerprint density at radius 3 is 2.22 bits per heavy atom. The van der Waals surface area contributed by atoms with Crippen molar-refractivity contribution in [2.24, 2.45) is 17.3 Å². The van der Waals surface area contributed by atoms with Gasteiger partial charge in [0.25, 0.3) is 0 Å². The molecule has 4 atom stereocenters. The van der Waals surface area contributed by atoms with Crippen LogP contribution in [0.25, 0.3) is 0 Å². The molecule has 0 aromatic rings. The number of epoxide rings is 1. The van der Waals surface area contributed by atoms with Crippen molar-refractivity contribution in [1.29, 1.82) is 0 Å². The van der Waals surface area contributed by atoms with E-state index in [1.807, 2.05) is 0 Å². The lowest BCUT2D eigenvalue weighted by Crippen LogP contribution is -2.45. The molecule has 130 valence electrons. The first-order valence-corrected chi connectivity index (χ1v) is 10.6. The van der Waals surface area contributed by atoms with E-state index in [0.717, 1.165) is 12.5 Å². The van der Waals surface area contributed by atoms with Gasteiger partial charge in [-0.15, -0.1) is 0 Å². The molecule has 3 saturated carbocycles. The third-order valence-electron chi connectivity index (χ3n) is 8.19. The van der Waals surface area contributed by atoms with Crippen LogP contribution in [0.2, 0.25) is 0 Å². The average Bonchev–Trinajstić information content (AvgIpc) is 3.40. The molecule has 4 unspecified atom stereocenters. The van der Waals surface area contributed by atoms with Crippen molar-refractivity contribution in [2.45, 2.75) is 108 Å². The predicted octanol–water partition coefficient (Wildman–Crippen LogP) is 5.24. The molecule has 0 radical (unpaired) electrons. The molecule has 0 amide bonds. The molecule has 3 aliphatic carbocycles. The number of hydrogen-bond donors (Lipinski definition) is 0. The minimum atomic E-state index is 0.235. The molecular formula is C21H34O2. The summed E-state index contributed by atoms with van der Waals surface area (Å²) >= 11 is 0. The van der Waals surface area contributed by atoms with Crippen molar-refractivity contribution in [3.63, 3.8) is 0 Å². The zero-order chi connectivity index (χ0) is 15.3. The molecule has 1 spiro atoms. The molecule has 0 aromatic heterocycles. The Morgan fingerprint density at radius 2 is 1.39 bits per heavy atom. The fraction of sp³-hybridized carbons (Fsp3) is 1.00. The van der Waals surface area contributed by atoms with Crippen LogP contribution < -0.4 is 0 Å². The Balaban J connectivity index is 1.50. The van der Waals surface area contributed by atoms with E-state index in [4.69, 9.17) is 9.47 Å². The summed E-state index contributed by atoms with van der Waals surface area (Å²) in [6, 6.07) is 0. The van der Waals surface area contributed by atoms with Crippen LogP contribution in [0.5, 0.6) is 0 Å². The summed E-state index contributed by atoms with van der Waals surface area (Å²) in [5.74, 6) is 1.55. The smallest absolute Gasteiger partial charge is 0.104 e. The zero-order valence-corrected chi connectivity index (χ0v) is 14.7. The molecule has 0 N–H and O–H groups in total. The largest absolute Gasteiger partial charge is 0.377 e. The lowest BCUT2D eigenvalue weighted by Gasteiger charge is -2.39. The first-order chi connectivity index (χ1) is 11.4. The average molecular weight is 319 g/mol. The maximum atomic E-state index is 6.87. The lowest BCUT2D eigenvalue weighted by molar-refractivity contribution is -0.0853. The van der Waals surface area contributed by atoms with Crippen LogP contribution in [0.15, 0.2) is 0 Å². The number of hydrogen-bond acceptors (Lipinski definition) is 2. The quantitative estimate of drug-likeness (QED) is 0.616. The molecule has 0 aromatic carbocycles. The van der Waals surface area contributed by atoms with Gasteiger partial charge in [0, 0.05) is 11.3 Å². The zero-order valence-electron chi connectivity index (χ0n) is 14.7. The van der Waals surface area contributed by atoms with E-state index in [1.54, 1.807) is 0 Å². The second-order valence-corrected chi connectivity index (χ2v) is 9.35. The van der Waals surface area contributed by atoms with Gasteiger partial charge >= 0.3 is 0 Å². The molecule has 23 heavy (non-hydrogen) atoms. The lowest BCUT2D eigenvalue weighted by atomic mass is 9.61. The second-order valence-electron chi connectivity index (χ2n) is 9.35. The van der Waals surface area contributed by atoms with E-state index in [1.165, 1.54) is 89.9 Å². The first kappa shape index (κ1) is 15.2. The first-order valence-electron chi connectivity index (χ1n) is 10.6. The van der Waals surface area contributed by atoms with Gasteiger partial charge < -0.3 is 9.47 Å². The monoisotopic (exact) mass is 318 g/mol. The molecule has 2 saturated heterocycles. The number of fused-ring (bicyclic) bond motifs is 4. The van der Waals surface area contributed by atoms with Crippen LogP contribution in [-0.4, -0.2) is 24.4 Å². The van der Waals surface area contributed by atoms with Crippen molar-refractivity contribution in [1.82, 2.24) is 0 Å². The van der Waals surface area contributed by atoms with Crippen LogP contribution in [0.4, 0.5) is 0 Å². The van der Waals surface area contributed by atoms with Gasteiger partial charge in [-0.3, -0.25) is 0 Å². The molecule has 5 rings (SSSR count). The molecule has 0 bridgehead atoms. The summed E-state index contributed by atoms with van der Waals surface area (Å²) in [5.41, 5.74) is 0.617. The highest BCUT2D eigenvalue weighted by Crippen LogP contribution is 2.66. The minimum absolute atomic E-state index is 0.235. The highest BCUT2D eigenvalue weighted by atomic mass is 16.6. The van der Waals surface area contributed by atoms with Gasteiger partial charge in [-0.05, 0) is 44.4 Å². The van der Waals surface area contributed by atoms with E-state index in [9.17, 15) is 0 Å². The van der Waals surface area contributed by atoms with Crippen molar-refractivity contribution in [3.05, 3.63) is 0 Å². The van der Waals surface area contributed by atoms with E-state index in [0.29, 0.717) is 23.5 Å². The molecule has 2 heterocycles. The van der Waals surface area contributed by atoms with Gasteiger partial charge in [0.2, 0.25) is 0 Å². The van der Waals surface area contributed by atoms with Crippen molar-refractivity contribution >= 4 is 0 Å².